The highest BCUT2D eigenvalue weighted by Gasteiger charge is 2.14. The predicted molar refractivity (Wildman–Crippen MR) is 114 cm³/mol. The Balaban J connectivity index is 1.48. The Bertz CT molecular complexity index is 1010. The van der Waals surface area contributed by atoms with Gasteiger partial charge < -0.3 is 15.4 Å². The molecule has 3 rings (SSSR count). The maximum atomic E-state index is 12.9. The molecule has 0 fully saturated rings. The minimum Gasteiger partial charge on any atom is -0.438 e. The maximum absolute atomic E-state index is 12.9. The second-order valence-corrected chi connectivity index (χ2v) is 7.24. The van der Waals surface area contributed by atoms with Crippen LogP contribution in [0.2, 0.25) is 0 Å². The fraction of sp³-hybridized carbons (Fsp3) is 0.136. The number of hydrogen-bond acceptors (Lipinski definition) is 4. The number of carbonyl (C=O) groups is 2. The van der Waals surface area contributed by atoms with Gasteiger partial charge >= 0.3 is 0 Å². The molecule has 2 N–H and O–H groups in total. The fourth-order valence-corrected chi connectivity index (χ4v) is 2.85. The highest BCUT2D eigenvalue weighted by atomic mass is 79.9. The Hall–Kier alpha value is -3.26. The lowest BCUT2D eigenvalue weighted by Gasteiger charge is -2.11. The van der Waals surface area contributed by atoms with E-state index in [4.69, 9.17) is 4.74 Å². The zero-order chi connectivity index (χ0) is 21.3. The molecule has 2 amide bonds. The normalized spacial score (nSPS) is 10.3. The lowest BCUT2D eigenvalue weighted by atomic mass is 10.1. The molecule has 0 aliphatic carbocycles. The Kier molecular flexibility index (Phi) is 7.51. The average molecular weight is 472 g/mol. The number of nitrogens with zero attached hydrogens (tertiary/aromatic N) is 1. The van der Waals surface area contributed by atoms with Crippen LogP contribution >= 0.6 is 15.9 Å². The van der Waals surface area contributed by atoms with Crippen LogP contribution in [-0.2, 0) is 11.2 Å². The van der Waals surface area contributed by atoms with Gasteiger partial charge in [-0.2, -0.15) is 0 Å². The monoisotopic (exact) mass is 471 g/mol. The fourth-order valence-electron chi connectivity index (χ4n) is 2.58. The predicted octanol–water partition coefficient (Wildman–Crippen LogP) is 3.86. The van der Waals surface area contributed by atoms with Gasteiger partial charge in [0.05, 0.1) is 6.42 Å². The summed E-state index contributed by atoms with van der Waals surface area (Å²) in [6.07, 6.45) is 1.68. The first-order valence-corrected chi connectivity index (χ1v) is 9.98. The Labute approximate surface area is 181 Å². The summed E-state index contributed by atoms with van der Waals surface area (Å²) in [5.41, 5.74) is 1.00. The topological polar surface area (TPSA) is 80.3 Å². The molecule has 0 aliphatic rings. The molecule has 1 heterocycles. The van der Waals surface area contributed by atoms with Crippen LogP contribution in [0.4, 0.5) is 4.39 Å². The highest BCUT2D eigenvalue weighted by Crippen LogP contribution is 2.24. The van der Waals surface area contributed by atoms with Crippen molar-refractivity contribution in [2.75, 3.05) is 13.1 Å². The third-order valence-electron chi connectivity index (χ3n) is 4.05. The summed E-state index contributed by atoms with van der Waals surface area (Å²) in [5, 5.41) is 5.44. The summed E-state index contributed by atoms with van der Waals surface area (Å²) in [5.74, 6) is -0.170. The molecule has 1 aromatic heterocycles. The molecule has 0 aliphatic heterocycles. The molecular weight excluding hydrogens is 453 g/mol. The largest absolute Gasteiger partial charge is 0.438 e. The van der Waals surface area contributed by atoms with Crippen molar-refractivity contribution in [1.82, 2.24) is 15.6 Å². The number of pyridine rings is 1. The molecule has 0 saturated heterocycles. The molecule has 6 nitrogen and oxygen atoms in total. The number of carbonyl (C=O) groups excluding carboxylic acids is 2. The van der Waals surface area contributed by atoms with E-state index in [9.17, 15) is 14.0 Å². The van der Waals surface area contributed by atoms with Gasteiger partial charge in [0.2, 0.25) is 11.8 Å². The molecular formula is C22H19BrFN3O3. The summed E-state index contributed by atoms with van der Waals surface area (Å²) in [6.45, 7) is 0.496. The van der Waals surface area contributed by atoms with Gasteiger partial charge in [0.1, 0.15) is 17.1 Å². The van der Waals surface area contributed by atoms with Crippen molar-refractivity contribution < 1.29 is 18.7 Å². The number of rotatable bonds is 8. The van der Waals surface area contributed by atoms with E-state index >= 15 is 0 Å². The SMILES string of the molecule is O=C(Cc1ccc(F)cc1)NCCNC(=O)c1cccnc1Oc1ccc(Br)cc1. The first kappa shape index (κ1) is 21.4. The minimum atomic E-state index is -0.358. The third-order valence-corrected chi connectivity index (χ3v) is 4.58. The first-order valence-electron chi connectivity index (χ1n) is 9.19. The van der Waals surface area contributed by atoms with Crippen LogP contribution in [-0.4, -0.2) is 29.9 Å². The van der Waals surface area contributed by atoms with Gasteiger partial charge in [0, 0.05) is 23.8 Å². The lowest BCUT2D eigenvalue weighted by molar-refractivity contribution is -0.120. The Morgan fingerprint density at radius 3 is 2.40 bits per heavy atom. The number of nitrogens with one attached hydrogen (secondary N) is 2. The third kappa shape index (κ3) is 6.38. The summed E-state index contributed by atoms with van der Waals surface area (Å²) in [4.78, 5) is 28.6. The number of benzene rings is 2. The molecule has 0 spiro atoms. The number of aromatic nitrogens is 1. The summed E-state index contributed by atoms with van der Waals surface area (Å²) < 4.78 is 19.5. The summed E-state index contributed by atoms with van der Waals surface area (Å²) in [7, 11) is 0. The standard InChI is InChI=1S/C22H19BrFN3O3/c23-16-5-9-18(10-6-16)30-22-19(2-1-11-27-22)21(29)26-13-12-25-20(28)14-15-3-7-17(24)8-4-15/h1-11H,12-14H2,(H,25,28)(H,26,29). The number of ether oxygens (including phenoxy) is 1. The van der Waals surface area contributed by atoms with Crippen molar-refractivity contribution >= 4 is 27.7 Å². The molecule has 30 heavy (non-hydrogen) atoms. The van der Waals surface area contributed by atoms with Gasteiger partial charge in [-0.05, 0) is 54.1 Å². The number of halogens is 2. The van der Waals surface area contributed by atoms with E-state index in [1.807, 2.05) is 12.1 Å². The van der Waals surface area contributed by atoms with E-state index in [2.05, 4.69) is 31.5 Å². The van der Waals surface area contributed by atoms with E-state index in [1.54, 1.807) is 42.6 Å². The van der Waals surface area contributed by atoms with Gasteiger partial charge in [0.15, 0.2) is 0 Å². The van der Waals surface area contributed by atoms with E-state index in [0.717, 1.165) is 4.47 Å². The molecule has 3 aromatic rings. The van der Waals surface area contributed by atoms with Gasteiger partial charge in [-0.3, -0.25) is 9.59 Å². The van der Waals surface area contributed by atoms with Crippen molar-refractivity contribution in [3.8, 4) is 11.6 Å². The summed E-state index contributed by atoms with van der Waals surface area (Å²) >= 11 is 3.35. The van der Waals surface area contributed by atoms with Crippen molar-refractivity contribution in [3.63, 3.8) is 0 Å². The van der Waals surface area contributed by atoms with Crippen LogP contribution < -0.4 is 15.4 Å². The van der Waals surface area contributed by atoms with E-state index in [1.165, 1.54) is 12.1 Å². The van der Waals surface area contributed by atoms with Crippen molar-refractivity contribution in [2.45, 2.75) is 6.42 Å². The van der Waals surface area contributed by atoms with Gasteiger partial charge in [-0.15, -0.1) is 0 Å². The molecule has 0 bridgehead atoms. The second-order valence-electron chi connectivity index (χ2n) is 6.32. The molecule has 0 atom stereocenters. The second kappa shape index (κ2) is 10.5. The molecule has 0 radical (unpaired) electrons. The zero-order valence-corrected chi connectivity index (χ0v) is 17.5. The maximum Gasteiger partial charge on any atom is 0.256 e. The van der Waals surface area contributed by atoms with Crippen molar-refractivity contribution in [1.29, 1.82) is 0 Å². The van der Waals surface area contributed by atoms with Crippen LogP contribution in [0.1, 0.15) is 15.9 Å². The molecule has 0 saturated carbocycles. The smallest absolute Gasteiger partial charge is 0.256 e. The van der Waals surface area contributed by atoms with E-state index < -0.39 is 0 Å². The van der Waals surface area contributed by atoms with Gasteiger partial charge in [-0.1, -0.05) is 28.1 Å². The van der Waals surface area contributed by atoms with E-state index in [-0.39, 0.29) is 48.6 Å². The first-order chi connectivity index (χ1) is 14.5. The zero-order valence-electron chi connectivity index (χ0n) is 15.9. The van der Waals surface area contributed by atoms with Crippen LogP contribution in [0.15, 0.2) is 71.3 Å². The quantitative estimate of drug-likeness (QED) is 0.488. The van der Waals surface area contributed by atoms with Crippen LogP contribution in [0, 0.1) is 5.82 Å². The molecule has 0 unspecified atom stereocenters. The van der Waals surface area contributed by atoms with Crippen molar-refractivity contribution in [3.05, 3.63) is 88.3 Å². The van der Waals surface area contributed by atoms with E-state index in [0.29, 0.717) is 11.3 Å². The van der Waals surface area contributed by atoms with Crippen LogP contribution in [0.5, 0.6) is 11.6 Å². The molecule has 8 heteroatoms. The lowest BCUT2D eigenvalue weighted by Crippen LogP contribution is -2.35. The highest BCUT2D eigenvalue weighted by molar-refractivity contribution is 9.10. The van der Waals surface area contributed by atoms with Crippen LogP contribution in [0.25, 0.3) is 0 Å². The Morgan fingerprint density at radius 1 is 0.967 bits per heavy atom. The minimum absolute atomic E-state index is 0.141. The van der Waals surface area contributed by atoms with Gasteiger partial charge in [-0.25, -0.2) is 9.37 Å². The Morgan fingerprint density at radius 2 is 1.67 bits per heavy atom. The molecule has 2 aromatic carbocycles. The molecule has 154 valence electrons. The van der Waals surface area contributed by atoms with Gasteiger partial charge in [0.25, 0.3) is 5.91 Å². The number of amides is 2. The summed E-state index contributed by atoms with van der Waals surface area (Å²) in [6, 6.07) is 16.2. The average Bonchev–Trinajstić information content (AvgIpc) is 2.75. The van der Waals surface area contributed by atoms with Crippen molar-refractivity contribution in [2.24, 2.45) is 0 Å². The number of hydrogen-bond donors (Lipinski definition) is 2. The van der Waals surface area contributed by atoms with Crippen LogP contribution in [0.3, 0.4) is 0 Å².